The molecule has 0 heterocycles. The Hall–Kier alpha value is -1.90. The number of fused-ring (bicyclic) bond motifs is 5. The number of halogens is 1. The van der Waals surface area contributed by atoms with E-state index >= 15 is 4.39 Å². The van der Waals surface area contributed by atoms with Crippen molar-refractivity contribution in [3.63, 3.8) is 0 Å². The fourth-order valence-corrected chi connectivity index (χ4v) is 9.86. The minimum Gasteiger partial charge on any atom is -0.423 e. The maximum Gasteiger partial charge on any atom is 0.311 e. The first kappa shape index (κ1) is 36.9. The van der Waals surface area contributed by atoms with Gasteiger partial charge in [-0.3, -0.25) is 14.4 Å². The lowest BCUT2D eigenvalue weighted by Crippen LogP contribution is -2.69. The van der Waals surface area contributed by atoms with Gasteiger partial charge in [-0.25, -0.2) is 4.39 Å². The largest absolute Gasteiger partial charge is 0.423 e. The number of hydrogen-bond acceptors (Lipinski definition) is 7. The average Bonchev–Trinajstić information content (AvgIpc) is 3.21. The van der Waals surface area contributed by atoms with Crippen molar-refractivity contribution in [2.45, 2.75) is 161 Å². The maximum atomic E-state index is 17.7. The van der Waals surface area contributed by atoms with Crippen LogP contribution in [0, 0.1) is 28.6 Å². The number of aliphatic hydroxyl groups excluding tert-OH is 2. The van der Waals surface area contributed by atoms with E-state index in [9.17, 15) is 29.7 Å². The third kappa shape index (κ3) is 6.56. The summed E-state index contributed by atoms with van der Waals surface area (Å²) >= 11 is 0. The van der Waals surface area contributed by atoms with Crippen LogP contribution in [0.3, 0.4) is 0 Å². The average molecular weight is 647 g/mol. The lowest BCUT2D eigenvalue weighted by Gasteiger charge is -2.62. The molecular weight excluding hydrogens is 587 g/mol. The number of Topliss-reactive ketones (excluding diaryl/α,β-unsaturated/α-hetero) is 1. The van der Waals surface area contributed by atoms with Crippen LogP contribution < -0.4 is 0 Å². The van der Waals surface area contributed by atoms with Crippen molar-refractivity contribution in [2.75, 3.05) is 6.61 Å². The molecule has 8 heteroatoms. The molecule has 0 aromatic heterocycles. The molecule has 0 aromatic rings. The van der Waals surface area contributed by atoms with Crippen LogP contribution in [0.4, 0.5) is 4.39 Å². The number of rotatable bonds is 17. The monoisotopic (exact) mass is 646 g/mol. The summed E-state index contributed by atoms with van der Waals surface area (Å²) in [4.78, 5) is 38.7. The number of ether oxygens (including phenoxy) is 1. The molecule has 0 aromatic carbocycles. The van der Waals surface area contributed by atoms with E-state index in [4.69, 9.17) is 4.74 Å². The number of unbranched alkanes of at least 4 members (excludes halogenated alkanes) is 12. The number of carbonyl (C=O) groups is 3. The summed E-state index contributed by atoms with van der Waals surface area (Å²) in [7, 11) is 0. The standard InChI is InChI=1S/C38H59FO7/c1-5-6-7-8-9-10-11-12-13-14-15-16-17-18-34(44)46-31-23-35(3)27(22-30(31)41)19-20-28-29-21-26(2)38(45,33(43)25-40)36(29,4)24-32(42)37(28,35)39/h22-23,26,28-29,32,40,42,45H,5-21,24-25H2,1-4H3/t26-,28+,29+,32+,35+,36+,37+,38+/m1/s1. The Morgan fingerprint density at radius 3 is 2.09 bits per heavy atom. The minimum absolute atomic E-state index is 0.171. The Bertz CT molecular complexity index is 1180. The van der Waals surface area contributed by atoms with Crippen molar-refractivity contribution in [3.05, 3.63) is 23.5 Å². The number of hydrogen-bond donors (Lipinski definition) is 3. The Balaban J connectivity index is 1.34. The van der Waals surface area contributed by atoms with Crippen molar-refractivity contribution in [2.24, 2.45) is 28.6 Å². The van der Waals surface area contributed by atoms with Gasteiger partial charge in [0.05, 0.1) is 6.10 Å². The molecule has 3 saturated carbocycles. The molecule has 4 rings (SSSR count). The Morgan fingerprint density at radius 2 is 1.52 bits per heavy atom. The highest BCUT2D eigenvalue weighted by Crippen LogP contribution is 2.70. The molecule has 4 aliphatic carbocycles. The highest BCUT2D eigenvalue weighted by molar-refractivity contribution is 6.05. The highest BCUT2D eigenvalue weighted by Gasteiger charge is 2.75. The highest BCUT2D eigenvalue weighted by atomic mass is 19.1. The summed E-state index contributed by atoms with van der Waals surface area (Å²) in [5.74, 6) is -3.55. The Labute approximate surface area is 275 Å². The second-order valence-corrected chi connectivity index (χ2v) is 15.4. The minimum atomic E-state index is -2.21. The maximum absolute atomic E-state index is 17.7. The SMILES string of the molecule is CCCCCCCCCCCCCCCC(=O)OC1=C[C@@]2(C)C(=CC1=O)CC[C@H]1[C@@H]3C[C@@H](C)[C@](O)(C(=O)CO)[C@@]3(C)C[C@H](O)[C@@]12F. The summed E-state index contributed by atoms with van der Waals surface area (Å²) < 4.78 is 23.3. The first-order chi connectivity index (χ1) is 21.8. The molecule has 8 atom stereocenters. The quantitative estimate of drug-likeness (QED) is 0.112. The van der Waals surface area contributed by atoms with E-state index in [0.717, 1.165) is 19.3 Å². The molecule has 260 valence electrons. The van der Waals surface area contributed by atoms with E-state index < -0.39 is 70.1 Å². The van der Waals surface area contributed by atoms with Crippen molar-refractivity contribution in [1.29, 1.82) is 0 Å². The van der Waals surface area contributed by atoms with Gasteiger partial charge in [0.2, 0.25) is 5.78 Å². The summed E-state index contributed by atoms with van der Waals surface area (Å²) in [6.45, 7) is 6.55. The summed E-state index contributed by atoms with van der Waals surface area (Å²) in [5.41, 5.74) is -6.05. The van der Waals surface area contributed by atoms with Crippen LogP contribution in [-0.4, -0.2) is 56.8 Å². The van der Waals surface area contributed by atoms with Gasteiger partial charge >= 0.3 is 5.97 Å². The van der Waals surface area contributed by atoms with Gasteiger partial charge in [-0.15, -0.1) is 0 Å². The number of esters is 1. The molecular formula is C38H59FO7. The molecule has 0 aliphatic heterocycles. The zero-order valence-electron chi connectivity index (χ0n) is 28.8. The number of ketones is 2. The fourth-order valence-electron chi connectivity index (χ4n) is 9.86. The molecule has 0 unspecified atom stereocenters. The van der Waals surface area contributed by atoms with Gasteiger partial charge in [-0.1, -0.05) is 103 Å². The third-order valence-corrected chi connectivity index (χ3v) is 12.6. The molecule has 46 heavy (non-hydrogen) atoms. The third-order valence-electron chi connectivity index (χ3n) is 12.6. The predicted molar refractivity (Wildman–Crippen MR) is 175 cm³/mol. The second kappa shape index (κ2) is 15.1. The topological polar surface area (TPSA) is 121 Å². The first-order valence-electron chi connectivity index (χ1n) is 18.2. The molecule has 0 radical (unpaired) electrons. The smallest absolute Gasteiger partial charge is 0.311 e. The van der Waals surface area contributed by atoms with Gasteiger partial charge in [0, 0.05) is 23.2 Å². The lowest BCUT2D eigenvalue weighted by molar-refractivity contribution is -0.219. The first-order valence-corrected chi connectivity index (χ1v) is 18.2. The summed E-state index contributed by atoms with van der Waals surface area (Å²) in [5, 5.41) is 32.9. The molecule has 4 aliphatic rings. The van der Waals surface area contributed by atoms with E-state index in [-0.39, 0.29) is 18.6 Å². The summed E-state index contributed by atoms with van der Waals surface area (Å²) in [6.07, 6.45) is 17.9. The van der Waals surface area contributed by atoms with E-state index in [1.807, 2.05) is 0 Å². The van der Waals surface area contributed by atoms with Gasteiger partial charge in [-0.05, 0) is 63.0 Å². The molecule has 0 bridgehead atoms. The van der Waals surface area contributed by atoms with Crippen LogP contribution in [0.5, 0.6) is 0 Å². The van der Waals surface area contributed by atoms with Crippen LogP contribution in [0.1, 0.15) is 143 Å². The van der Waals surface area contributed by atoms with Crippen LogP contribution >= 0.6 is 0 Å². The number of allylic oxidation sites excluding steroid dienone is 3. The number of aliphatic hydroxyl groups is 3. The van der Waals surface area contributed by atoms with Crippen LogP contribution in [0.15, 0.2) is 23.5 Å². The van der Waals surface area contributed by atoms with Crippen LogP contribution in [0.25, 0.3) is 0 Å². The Morgan fingerprint density at radius 1 is 0.957 bits per heavy atom. The zero-order chi connectivity index (χ0) is 33.8. The zero-order valence-corrected chi connectivity index (χ0v) is 28.8. The van der Waals surface area contributed by atoms with Crippen molar-refractivity contribution in [1.82, 2.24) is 0 Å². The van der Waals surface area contributed by atoms with Gasteiger partial charge in [0.15, 0.2) is 17.2 Å². The van der Waals surface area contributed by atoms with Crippen molar-refractivity contribution < 1.29 is 38.8 Å². The number of carbonyl (C=O) groups excluding carboxylic acids is 3. The summed E-state index contributed by atoms with van der Waals surface area (Å²) in [6, 6.07) is 0. The molecule has 3 N–H and O–H groups in total. The van der Waals surface area contributed by atoms with Gasteiger partial charge in [-0.2, -0.15) is 0 Å². The lowest BCUT2D eigenvalue weighted by atomic mass is 9.44. The second-order valence-electron chi connectivity index (χ2n) is 15.4. The molecule has 3 fully saturated rings. The fraction of sp³-hybridized carbons (Fsp3) is 0.816. The normalized spacial score (nSPS) is 36.7. The van der Waals surface area contributed by atoms with E-state index in [1.165, 1.54) is 69.9 Å². The molecule has 7 nitrogen and oxygen atoms in total. The van der Waals surface area contributed by atoms with Gasteiger partial charge in [0.1, 0.15) is 12.2 Å². The van der Waals surface area contributed by atoms with Crippen LogP contribution in [0.2, 0.25) is 0 Å². The van der Waals surface area contributed by atoms with Gasteiger partial charge in [0.25, 0.3) is 0 Å². The number of alkyl halides is 1. The molecule has 0 spiro atoms. The van der Waals surface area contributed by atoms with E-state index in [2.05, 4.69) is 6.92 Å². The predicted octanol–water partition coefficient (Wildman–Crippen LogP) is 7.25. The van der Waals surface area contributed by atoms with Crippen molar-refractivity contribution in [3.8, 4) is 0 Å². The van der Waals surface area contributed by atoms with E-state index in [1.54, 1.807) is 20.8 Å². The van der Waals surface area contributed by atoms with Gasteiger partial charge < -0.3 is 20.1 Å². The Kier molecular flexibility index (Phi) is 12.1. The molecule has 0 amide bonds. The van der Waals surface area contributed by atoms with Crippen molar-refractivity contribution >= 4 is 17.5 Å². The molecule has 0 saturated heterocycles. The van der Waals surface area contributed by atoms with Crippen LogP contribution in [-0.2, 0) is 19.1 Å². The van der Waals surface area contributed by atoms with E-state index in [0.29, 0.717) is 31.3 Å².